The molecule has 1 atom stereocenters. The van der Waals surface area contributed by atoms with E-state index in [0.29, 0.717) is 13.2 Å². The Balaban J connectivity index is 1.91. The Kier molecular flexibility index (Phi) is 4.83. The zero-order valence-corrected chi connectivity index (χ0v) is 11.4. The summed E-state index contributed by atoms with van der Waals surface area (Å²) in [5.41, 5.74) is 6.75. The highest BCUT2D eigenvalue weighted by atomic mass is 79.9. The number of hydrogen-bond donors (Lipinski definition) is 1. The van der Waals surface area contributed by atoms with Gasteiger partial charge in [0.15, 0.2) is 0 Å². The highest BCUT2D eigenvalue weighted by Gasteiger charge is 2.16. The third-order valence-electron chi connectivity index (χ3n) is 2.88. The van der Waals surface area contributed by atoms with Crippen LogP contribution in [0, 0.1) is 0 Å². The molecule has 17 heavy (non-hydrogen) atoms. The van der Waals surface area contributed by atoms with Crippen molar-refractivity contribution in [2.75, 3.05) is 19.8 Å². The molecule has 0 aromatic heterocycles. The number of rotatable bonds is 5. The first kappa shape index (κ1) is 12.9. The van der Waals surface area contributed by atoms with Crippen LogP contribution in [0.3, 0.4) is 0 Å². The van der Waals surface area contributed by atoms with Crippen LogP contribution in [0.15, 0.2) is 22.7 Å². The van der Waals surface area contributed by atoms with Crippen molar-refractivity contribution in [2.24, 2.45) is 5.73 Å². The van der Waals surface area contributed by atoms with Crippen molar-refractivity contribution >= 4 is 15.9 Å². The van der Waals surface area contributed by atoms with Gasteiger partial charge in [-0.3, -0.25) is 0 Å². The van der Waals surface area contributed by atoms with E-state index >= 15 is 0 Å². The van der Waals surface area contributed by atoms with Crippen molar-refractivity contribution in [3.63, 3.8) is 0 Å². The fourth-order valence-corrected chi connectivity index (χ4v) is 2.48. The van der Waals surface area contributed by atoms with E-state index in [9.17, 15) is 0 Å². The number of ether oxygens (including phenoxy) is 2. The molecule has 1 aromatic carbocycles. The Morgan fingerprint density at radius 2 is 2.35 bits per heavy atom. The van der Waals surface area contributed by atoms with Crippen LogP contribution in [0.1, 0.15) is 18.4 Å². The average molecular weight is 300 g/mol. The summed E-state index contributed by atoms with van der Waals surface area (Å²) in [7, 11) is 0. The molecule has 1 fully saturated rings. The lowest BCUT2D eigenvalue weighted by Crippen LogP contribution is -2.16. The molecule has 1 aromatic rings. The maximum absolute atomic E-state index is 5.75. The average Bonchev–Trinajstić information content (AvgIpc) is 2.81. The van der Waals surface area contributed by atoms with Crippen molar-refractivity contribution < 1.29 is 9.47 Å². The van der Waals surface area contributed by atoms with E-state index in [4.69, 9.17) is 15.2 Å². The van der Waals surface area contributed by atoms with Crippen LogP contribution in [0.4, 0.5) is 0 Å². The lowest BCUT2D eigenvalue weighted by molar-refractivity contribution is 0.0677. The highest BCUT2D eigenvalue weighted by molar-refractivity contribution is 9.10. The van der Waals surface area contributed by atoms with Gasteiger partial charge in [-0.25, -0.2) is 0 Å². The molecule has 0 amide bonds. The summed E-state index contributed by atoms with van der Waals surface area (Å²) < 4.78 is 12.3. The molecule has 1 saturated heterocycles. The van der Waals surface area contributed by atoms with Gasteiger partial charge >= 0.3 is 0 Å². The van der Waals surface area contributed by atoms with Crippen LogP contribution in [-0.4, -0.2) is 25.9 Å². The Morgan fingerprint density at radius 3 is 3.00 bits per heavy atom. The van der Waals surface area contributed by atoms with Crippen LogP contribution in [0.25, 0.3) is 0 Å². The normalized spacial score (nSPS) is 19.5. The molecular formula is C13H18BrNO2. The Bertz CT molecular complexity index is 364. The molecule has 94 valence electrons. The molecule has 1 heterocycles. The van der Waals surface area contributed by atoms with Gasteiger partial charge in [0.2, 0.25) is 0 Å². The maximum Gasteiger partial charge on any atom is 0.133 e. The summed E-state index contributed by atoms with van der Waals surface area (Å²) in [4.78, 5) is 0. The summed E-state index contributed by atoms with van der Waals surface area (Å²) in [6.45, 7) is 2.17. The second-order valence-electron chi connectivity index (χ2n) is 4.25. The van der Waals surface area contributed by atoms with Crippen LogP contribution >= 0.6 is 15.9 Å². The number of nitrogens with two attached hydrogens (primary N) is 1. The van der Waals surface area contributed by atoms with Gasteiger partial charge in [-0.05, 0) is 59.4 Å². The Morgan fingerprint density at radius 1 is 1.47 bits per heavy atom. The summed E-state index contributed by atoms with van der Waals surface area (Å²) in [5, 5.41) is 0. The quantitative estimate of drug-likeness (QED) is 0.908. The zero-order chi connectivity index (χ0) is 12.1. The summed E-state index contributed by atoms with van der Waals surface area (Å²) in [6, 6.07) is 6.12. The molecule has 1 unspecified atom stereocenters. The molecule has 1 aliphatic rings. The molecule has 0 saturated carbocycles. The van der Waals surface area contributed by atoms with Crippen LogP contribution in [-0.2, 0) is 11.2 Å². The fraction of sp³-hybridized carbons (Fsp3) is 0.538. The molecule has 0 bridgehead atoms. The van der Waals surface area contributed by atoms with Crippen LogP contribution < -0.4 is 10.5 Å². The van der Waals surface area contributed by atoms with Gasteiger partial charge in [0.25, 0.3) is 0 Å². The SMILES string of the molecule is NCCc1ccc(OCC2CCCO2)c(Br)c1. The van der Waals surface area contributed by atoms with Crippen molar-refractivity contribution in [3.8, 4) is 5.75 Å². The Hall–Kier alpha value is -0.580. The topological polar surface area (TPSA) is 44.5 Å². The molecule has 1 aliphatic heterocycles. The minimum absolute atomic E-state index is 0.255. The minimum atomic E-state index is 0.255. The van der Waals surface area contributed by atoms with Gasteiger partial charge in [0.1, 0.15) is 12.4 Å². The third-order valence-corrected chi connectivity index (χ3v) is 3.50. The minimum Gasteiger partial charge on any atom is -0.490 e. The molecule has 0 aliphatic carbocycles. The molecular weight excluding hydrogens is 282 g/mol. The predicted molar refractivity (Wildman–Crippen MR) is 71.4 cm³/mol. The lowest BCUT2D eigenvalue weighted by atomic mass is 10.1. The Labute approximate surface area is 110 Å². The predicted octanol–water partition coefficient (Wildman–Crippen LogP) is 2.51. The van der Waals surface area contributed by atoms with Crippen molar-refractivity contribution in [1.29, 1.82) is 0 Å². The van der Waals surface area contributed by atoms with Crippen molar-refractivity contribution in [2.45, 2.75) is 25.4 Å². The standard InChI is InChI=1S/C13H18BrNO2/c14-12-8-10(5-6-15)3-4-13(12)17-9-11-2-1-7-16-11/h3-4,8,11H,1-2,5-7,9,15H2. The monoisotopic (exact) mass is 299 g/mol. The second-order valence-corrected chi connectivity index (χ2v) is 5.10. The second kappa shape index (κ2) is 6.38. The molecule has 3 nitrogen and oxygen atoms in total. The lowest BCUT2D eigenvalue weighted by Gasteiger charge is -2.13. The zero-order valence-electron chi connectivity index (χ0n) is 9.82. The highest BCUT2D eigenvalue weighted by Crippen LogP contribution is 2.27. The van der Waals surface area contributed by atoms with E-state index in [1.807, 2.05) is 6.07 Å². The summed E-state index contributed by atoms with van der Waals surface area (Å²) in [5.74, 6) is 0.876. The summed E-state index contributed by atoms with van der Waals surface area (Å²) in [6.07, 6.45) is 3.39. The number of halogens is 1. The van der Waals surface area contributed by atoms with Gasteiger partial charge in [0.05, 0.1) is 10.6 Å². The number of benzene rings is 1. The van der Waals surface area contributed by atoms with E-state index in [1.165, 1.54) is 5.56 Å². The first-order valence-electron chi connectivity index (χ1n) is 6.02. The third kappa shape index (κ3) is 3.69. The smallest absolute Gasteiger partial charge is 0.133 e. The van der Waals surface area contributed by atoms with E-state index in [1.54, 1.807) is 0 Å². The molecule has 4 heteroatoms. The van der Waals surface area contributed by atoms with E-state index in [0.717, 1.165) is 36.1 Å². The maximum atomic E-state index is 5.75. The van der Waals surface area contributed by atoms with Crippen LogP contribution in [0.5, 0.6) is 5.75 Å². The molecule has 0 radical (unpaired) electrons. The van der Waals surface area contributed by atoms with Gasteiger partial charge < -0.3 is 15.2 Å². The van der Waals surface area contributed by atoms with Gasteiger partial charge in [-0.1, -0.05) is 6.07 Å². The van der Waals surface area contributed by atoms with Crippen LogP contribution in [0.2, 0.25) is 0 Å². The first-order valence-corrected chi connectivity index (χ1v) is 6.82. The van der Waals surface area contributed by atoms with E-state index < -0.39 is 0 Å². The largest absolute Gasteiger partial charge is 0.490 e. The molecule has 0 spiro atoms. The van der Waals surface area contributed by atoms with Gasteiger partial charge in [-0.15, -0.1) is 0 Å². The van der Waals surface area contributed by atoms with Gasteiger partial charge in [-0.2, -0.15) is 0 Å². The van der Waals surface area contributed by atoms with Crippen molar-refractivity contribution in [1.82, 2.24) is 0 Å². The van der Waals surface area contributed by atoms with E-state index in [2.05, 4.69) is 28.1 Å². The number of hydrogen-bond acceptors (Lipinski definition) is 3. The van der Waals surface area contributed by atoms with Crippen molar-refractivity contribution in [3.05, 3.63) is 28.2 Å². The molecule has 2 rings (SSSR count). The van der Waals surface area contributed by atoms with E-state index in [-0.39, 0.29) is 6.10 Å². The van der Waals surface area contributed by atoms with Gasteiger partial charge in [0, 0.05) is 6.61 Å². The summed E-state index contributed by atoms with van der Waals surface area (Å²) >= 11 is 3.52. The fourth-order valence-electron chi connectivity index (χ4n) is 1.94. The molecule has 2 N–H and O–H groups in total. The first-order chi connectivity index (χ1) is 8.29.